The molecule has 0 saturated carbocycles. The molecule has 2 nitrogen and oxygen atoms in total. The summed E-state index contributed by atoms with van der Waals surface area (Å²) < 4.78 is 0. The largest absolute Gasteiger partial charge is 0.311 e. The third-order valence-electron chi connectivity index (χ3n) is 4.91. The minimum atomic E-state index is 0.709. The molecular formula is C15H22N2. The number of pyridine rings is 1. The Hall–Kier alpha value is -0.890. The molecule has 0 radical (unpaired) electrons. The summed E-state index contributed by atoms with van der Waals surface area (Å²) >= 11 is 0. The van der Waals surface area contributed by atoms with Gasteiger partial charge in [0, 0.05) is 29.4 Å². The Morgan fingerprint density at radius 2 is 1.76 bits per heavy atom. The lowest BCUT2D eigenvalue weighted by molar-refractivity contribution is 0.501. The molecule has 2 aliphatic rings. The summed E-state index contributed by atoms with van der Waals surface area (Å²) in [6.45, 7) is 8.79. The average Bonchev–Trinajstić information content (AvgIpc) is 2.88. The van der Waals surface area contributed by atoms with E-state index in [0.717, 1.165) is 6.04 Å². The molecule has 0 spiro atoms. The zero-order chi connectivity index (χ0) is 12.2. The number of fused-ring (bicyclic) bond motifs is 2. The molecule has 2 aliphatic heterocycles. The summed E-state index contributed by atoms with van der Waals surface area (Å²) in [6.07, 6.45) is 4.04. The summed E-state index contributed by atoms with van der Waals surface area (Å²) in [5.74, 6) is 0.709. The van der Waals surface area contributed by atoms with Gasteiger partial charge in [0.05, 0.1) is 0 Å². The monoisotopic (exact) mass is 230 g/mol. The molecule has 3 atom stereocenters. The smallest absolute Gasteiger partial charge is 0.0414 e. The van der Waals surface area contributed by atoms with E-state index in [2.05, 4.69) is 33.0 Å². The van der Waals surface area contributed by atoms with Gasteiger partial charge in [-0.3, -0.25) is 4.98 Å². The van der Waals surface area contributed by atoms with Crippen LogP contribution in [-0.2, 0) is 0 Å². The number of nitrogens with one attached hydrogen (secondary N) is 1. The lowest BCUT2D eigenvalue weighted by Crippen LogP contribution is -2.23. The van der Waals surface area contributed by atoms with Crippen molar-refractivity contribution in [1.82, 2.24) is 10.3 Å². The molecule has 2 bridgehead atoms. The number of nitrogens with zero attached hydrogens (tertiary/aromatic N) is 1. The van der Waals surface area contributed by atoms with E-state index in [1.54, 1.807) is 0 Å². The maximum Gasteiger partial charge on any atom is 0.0414 e. The fourth-order valence-corrected chi connectivity index (χ4v) is 3.83. The fourth-order valence-electron chi connectivity index (χ4n) is 3.83. The average molecular weight is 230 g/mol. The van der Waals surface area contributed by atoms with Crippen LogP contribution in [0.4, 0.5) is 0 Å². The maximum absolute atomic E-state index is 4.73. The second-order valence-electron chi connectivity index (χ2n) is 5.84. The molecule has 2 heteroatoms. The van der Waals surface area contributed by atoms with Crippen molar-refractivity contribution < 1.29 is 0 Å². The lowest BCUT2D eigenvalue weighted by Gasteiger charge is -2.25. The van der Waals surface area contributed by atoms with E-state index in [9.17, 15) is 0 Å². The van der Waals surface area contributed by atoms with Crippen molar-refractivity contribution in [3.63, 3.8) is 0 Å². The van der Waals surface area contributed by atoms with Gasteiger partial charge >= 0.3 is 0 Å². The van der Waals surface area contributed by atoms with Gasteiger partial charge in [-0.25, -0.2) is 0 Å². The SMILES string of the molecule is Cc1nc(C)c([C@H]2CC3CCC2N3)c(C)c1C. The summed E-state index contributed by atoms with van der Waals surface area (Å²) in [6, 6.07) is 1.48. The zero-order valence-corrected chi connectivity index (χ0v) is 11.3. The second-order valence-corrected chi connectivity index (χ2v) is 5.84. The van der Waals surface area contributed by atoms with E-state index < -0.39 is 0 Å². The first-order chi connectivity index (χ1) is 8.08. The van der Waals surface area contributed by atoms with Crippen LogP contribution in [0.25, 0.3) is 0 Å². The van der Waals surface area contributed by atoms with Gasteiger partial charge in [0.2, 0.25) is 0 Å². The molecule has 1 aromatic heterocycles. The van der Waals surface area contributed by atoms with E-state index in [0.29, 0.717) is 12.0 Å². The van der Waals surface area contributed by atoms with E-state index in [4.69, 9.17) is 4.98 Å². The van der Waals surface area contributed by atoms with Crippen LogP contribution in [-0.4, -0.2) is 17.1 Å². The van der Waals surface area contributed by atoms with E-state index in [-0.39, 0.29) is 0 Å². The first-order valence-corrected chi connectivity index (χ1v) is 6.78. The van der Waals surface area contributed by atoms with Gasteiger partial charge in [0.1, 0.15) is 0 Å². The van der Waals surface area contributed by atoms with E-state index >= 15 is 0 Å². The van der Waals surface area contributed by atoms with Gasteiger partial charge in [-0.15, -0.1) is 0 Å². The highest BCUT2D eigenvalue weighted by Gasteiger charge is 2.41. The zero-order valence-electron chi connectivity index (χ0n) is 11.3. The van der Waals surface area contributed by atoms with E-state index in [1.807, 2.05) is 0 Å². The first-order valence-electron chi connectivity index (χ1n) is 6.78. The number of aryl methyl sites for hydroxylation is 2. The van der Waals surface area contributed by atoms with Gasteiger partial charge in [-0.2, -0.15) is 0 Å². The van der Waals surface area contributed by atoms with Gasteiger partial charge in [0.25, 0.3) is 0 Å². The number of rotatable bonds is 1. The molecule has 0 aliphatic carbocycles. The number of hydrogen-bond donors (Lipinski definition) is 1. The molecule has 0 amide bonds. The predicted molar refractivity (Wildman–Crippen MR) is 70.5 cm³/mol. The molecule has 92 valence electrons. The molecule has 17 heavy (non-hydrogen) atoms. The van der Waals surface area contributed by atoms with Crippen LogP contribution in [0.3, 0.4) is 0 Å². The van der Waals surface area contributed by atoms with Crippen LogP contribution >= 0.6 is 0 Å². The molecule has 2 unspecified atom stereocenters. The highest BCUT2D eigenvalue weighted by Crippen LogP contribution is 2.42. The third-order valence-corrected chi connectivity index (χ3v) is 4.91. The normalized spacial score (nSPS) is 31.2. The van der Waals surface area contributed by atoms with Crippen LogP contribution < -0.4 is 5.32 Å². The Morgan fingerprint density at radius 3 is 2.35 bits per heavy atom. The Bertz CT molecular complexity index is 464. The van der Waals surface area contributed by atoms with Crippen LogP contribution in [0.15, 0.2) is 0 Å². The maximum atomic E-state index is 4.73. The van der Waals surface area contributed by atoms with E-state index in [1.165, 1.54) is 47.3 Å². The van der Waals surface area contributed by atoms with Crippen molar-refractivity contribution in [2.24, 2.45) is 0 Å². The quantitative estimate of drug-likeness (QED) is 0.802. The molecule has 3 rings (SSSR count). The van der Waals surface area contributed by atoms with Crippen LogP contribution in [0.1, 0.15) is 53.3 Å². The molecule has 2 fully saturated rings. The Morgan fingerprint density at radius 1 is 1.00 bits per heavy atom. The van der Waals surface area contributed by atoms with Crippen molar-refractivity contribution >= 4 is 0 Å². The standard InChI is InChI=1S/C15H22N2/c1-8-9(2)15(11(4)16-10(8)3)13-7-12-5-6-14(13)17-12/h12-14,17H,5-7H2,1-4H3/t12?,13-,14?/m0/s1. The van der Waals surface area contributed by atoms with Crippen molar-refractivity contribution in [3.05, 3.63) is 28.1 Å². The third kappa shape index (κ3) is 1.61. The fraction of sp³-hybridized carbons (Fsp3) is 0.667. The number of hydrogen-bond acceptors (Lipinski definition) is 2. The molecule has 1 N–H and O–H groups in total. The Kier molecular flexibility index (Phi) is 2.51. The predicted octanol–water partition coefficient (Wildman–Crippen LogP) is 2.92. The highest BCUT2D eigenvalue weighted by molar-refractivity contribution is 5.42. The molecule has 1 aromatic rings. The van der Waals surface area contributed by atoms with Crippen molar-refractivity contribution in [2.75, 3.05) is 0 Å². The van der Waals surface area contributed by atoms with Crippen molar-refractivity contribution in [2.45, 2.75) is 65.0 Å². The summed E-state index contributed by atoms with van der Waals surface area (Å²) in [5.41, 5.74) is 6.85. The summed E-state index contributed by atoms with van der Waals surface area (Å²) in [5, 5.41) is 3.74. The Balaban J connectivity index is 2.06. The minimum absolute atomic E-state index is 0.709. The lowest BCUT2D eigenvalue weighted by atomic mass is 9.80. The second kappa shape index (κ2) is 3.81. The first kappa shape index (κ1) is 11.2. The summed E-state index contributed by atoms with van der Waals surface area (Å²) in [7, 11) is 0. The van der Waals surface area contributed by atoms with Crippen molar-refractivity contribution in [1.29, 1.82) is 0 Å². The minimum Gasteiger partial charge on any atom is -0.311 e. The van der Waals surface area contributed by atoms with Gasteiger partial charge in [-0.05, 0) is 63.6 Å². The topological polar surface area (TPSA) is 24.9 Å². The van der Waals surface area contributed by atoms with Gasteiger partial charge < -0.3 is 5.32 Å². The number of aromatic nitrogens is 1. The van der Waals surface area contributed by atoms with Gasteiger partial charge in [0.15, 0.2) is 0 Å². The van der Waals surface area contributed by atoms with Crippen LogP contribution in [0, 0.1) is 27.7 Å². The van der Waals surface area contributed by atoms with Crippen molar-refractivity contribution in [3.8, 4) is 0 Å². The molecular weight excluding hydrogens is 208 g/mol. The molecule has 3 heterocycles. The highest BCUT2D eigenvalue weighted by atomic mass is 15.0. The van der Waals surface area contributed by atoms with Gasteiger partial charge in [-0.1, -0.05) is 0 Å². The Labute approximate surface area is 104 Å². The van der Waals surface area contributed by atoms with Crippen LogP contribution in [0.5, 0.6) is 0 Å². The summed E-state index contributed by atoms with van der Waals surface area (Å²) in [4.78, 5) is 4.73. The molecule has 0 aromatic carbocycles. The molecule has 2 saturated heterocycles. The van der Waals surface area contributed by atoms with Crippen LogP contribution in [0.2, 0.25) is 0 Å².